The Kier molecular flexibility index (Phi) is 6.08. The van der Waals surface area contributed by atoms with E-state index < -0.39 is 0 Å². The lowest BCUT2D eigenvalue weighted by Crippen LogP contribution is -2.47. The summed E-state index contributed by atoms with van der Waals surface area (Å²) in [5.41, 5.74) is 6.32. The van der Waals surface area contributed by atoms with Crippen molar-refractivity contribution in [1.29, 1.82) is 0 Å². The topological polar surface area (TPSA) is 89.2 Å². The molecule has 0 aromatic heterocycles. The van der Waals surface area contributed by atoms with Gasteiger partial charge in [-0.25, -0.2) is 4.99 Å². The Morgan fingerprint density at radius 1 is 1.46 bits per heavy atom. The Morgan fingerprint density at radius 2 is 2.31 bits per heavy atom. The maximum absolute atomic E-state index is 11.2. The summed E-state index contributed by atoms with van der Waals surface area (Å²) >= 11 is 6.24. The van der Waals surface area contributed by atoms with Crippen LogP contribution in [0.4, 0.5) is 0 Å². The Balaban J connectivity index is 1.71. The van der Waals surface area contributed by atoms with E-state index in [4.69, 9.17) is 31.8 Å². The quantitative estimate of drug-likeness (QED) is 0.603. The Hall–Kier alpha value is -2.15. The van der Waals surface area contributed by atoms with Crippen molar-refractivity contribution in [1.82, 2.24) is 10.2 Å². The number of aliphatic imine (C=N–C) groups is 1. The molecule has 0 spiro atoms. The minimum absolute atomic E-state index is 0.194. The molecule has 0 radical (unpaired) electrons. The number of piperidine rings is 1. The number of ether oxygens (including phenoxy) is 2. The van der Waals surface area contributed by atoms with Crippen molar-refractivity contribution in [3.63, 3.8) is 0 Å². The first-order valence-electron chi connectivity index (χ1n) is 8.96. The van der Waals surface area contributed by atoms with Crippen molar-refractivity contribution in [3.8, 4) is 11.5 Å². The molecule has 3 rings (SSSR count). The fourth-order valence-corrected chi connectivity index (χ4v) is 3.70. The van der Waals surface area contributed by atoms with Gasteiger partial charge < -0.3 is 25.4 Å². The van der Waals surface area contributed by atoms with Crippen molar-refractivity contribution >= 4 is 23.5 Å². The predicted molar refractivity (Wildman–Crippen MR) is 100 cm³/mol. The fraction of sp³-hybridized carbons (Fsp3) is 0.556. The minimum atomic E-state index is -0.242. The van der Waals surface area contributed by atoms with E-state index in [2.05, 4.69) is 10.2 Å². The normalized spacial score (nSPS) is 19.5. The summed E-state index contributed by atoms with van der Waals surface area (Å²) in [7, 11) is 0. The average Bonchev–Trinajstić information content (AvgIpc) is 3.07. The van der Waals surface area contributed by atoms with Crippen LogP contribution in [0.2, 0.25) is 5.02 Å². The molecule has 1 unspecified atom stereocenters. The van der Waals surface area contributed by atoms with E-state index in [1.54, 1.807) is 0 Å². The molecule has 1 fully saturated rings. The number of guanidine groups is 1. The third-order valence-electron chi connectivity index (χ3n) is 4.54. The van der Waals surface area contributed by atoms with E-state index in [9.17, 15) is 4.79 Å². The van der Waals surface area contributed by atoms with Crippen LogP contribution in [0.25, 0.3) is 0 Å². The molecule has 26 heavy (non-hydrogen) atoms. The molecule has 2 aliphatic heterocycles. The van der Waals surface area contributed by atoms with Crippen LogP contribution in [0.15, 0.2) is 17.1 Å². The number of primary amides is 1. The standard InChI is InChI=1S/C18H25ClN4O3/c1-2-21-18(23-5-3-4-12(10-23)8-16(20)24)22-9-13-6-14(19)17-15(7-13)25-11-26-17/h6-7,12H,2-5,8-11H2,1H3,(H2,20,24)(H,21,22). The molecule has 142 valence electrons. The van der Waals surface area contributed by atoms with Crippen molar-refractivity contribution in [3.05, 3.63) is 22.7 Å². The zero-order valence-electron chi connectivity index (χ0n) is 15.0. The van der Waals surface area contributed by atoms with Crippen LogP contribution < -0.4 is 20.5 Å². The van der Waals surface area contributed by atoms with Gasteiger partial charge in [0.05, 0.1) is 11.6 Å². The number of fused-ring (bicyclic) bond motifs is 1. The van der Waals surface area contributed by atoms with Crippen molar-refractivity contribution in [2.24, 2.45) is 16.6 Å². The first-order chi connectivity index (χ1) is 12.6. The maximum Gasteiger partial charge on any atom is 0.231 e. The highest BCUT2D eigenvalue weighted by Gasteiger charge is 2.24. The fourth-order valence-electron chi connectivity index (χ4n) is 3.41. The predicted octanol–water partition coefficient (Wildman–Crippen LogP) is 2.12. The highest BCUT2D eigenvalue weighted by Crippen LogP contribution is 2.39. The highest BCUT2D eigenvalue weighted by atomic mass is 35.5. The summed E-state index contributed by atoms with van der Waals surface area (Å²) in [6.45, 7) is 5.20. The van der Waals surface area contributed by atoms with Gasteiger partial charge in [-0.2, -0.15) is 0 Å². The first kappa shape index (κ1) is 18.6. The van der Waals surface area contributed by atoms with E-state index in [1.807, 2.05) is 19.1 Å². The molecule has 1 aromatic rings. The molecule has 1 amide bonds. The largest absolute Gasteiger partial charge is 0.454 e. The van der Waals surface area contributed by atoms with Crippen LogP contribution in [0, 0.1) is 5.92 Å². The number of carbonyl (C=O) groups excluding carboxylic acids is 1. The number of nitrogens with two attached hydrogens (primary N) is 1. The summed E-state index contributed by atoms with van der Waals surface area (Å²) in [5, 5.41) is 3.87. The molecule has 0 bridgehead atoms. The third-order valence-corrected chi connectivity index (χ3v) is 4.82. The second-order valence-electron chi connectivity index (χ2n) is 6.61. The lowest BCUT2D eigenvalue weighted by atomic mass is 9.95. The van der Waals surface area contributed by atoms with Crippen LogP contribution in [-0.4, -0.2) is 43.2 Å². The van der Waals surface area contributed by atoms with Crippen LogP contribution >= 0.6 is 11.6 Å². The number of nitrogens with one attached hydrogen (secondary N) is 1. The second kappa shape index (κ2) is 8.49. The zero-order valence-corrected chi connectivity index (χ0v) is 15.7. The van der Waals surface area contributed by atoms with Gasteiger partial charge in [0.25, 0.3) is 0 Å². The number of hydrogen-bond donors (Lipinski definition) is 2. The number of rotatable bonds is 5. The summed E-state index contributed by atoms with van der Waals surface area (Å²) in [6, 6.07) is 3.77. The molecule has 1 saturated heterocycles. The Labute approximate surface area is 158 Å². The van der Waals surface area contributed by atoms with Crippen LogP contribution in [-0.2, 0) is 11.3 Å². The Bertz CT molecular complexity index is 695. The monoisotopic (exact) mass is 380 g/mol. The molecule has 0 saturated carbocycles. The first-order valence-corrected chi connectivity index (χ1v) is 9.34. The summed E-state index contributed by atoms with van der Waals surface area (Å²) in [6.07, 6.45) is 2.47. The lowest BCUT2D eigenvalue weighted by molar-refractivity contribution is -0.119. The van der Waals surface area contributed by atoms with E-state index in [1.165, 1.54) is 0 Å². The van der Waals surface area contributed by atoms with E-state index in [0.717, 1.165) is 44.0 Å². The van der Waals surface area contributed by atoms with Gasteiger partial charge in [0.15, 0.2) is 17.5 Å². The van der Waals surface area contributed by atoms with Gasteiger partial charge in [-0.15, -0.1) is 0 Å². The van der Waals surface area contributed by atoms with Gasteiger partial charge >= 0.3 is 0 Å². The molecule has 8 heteroatoms. The van der Waals surface area contributed by atoms with E-state index in [-0.39, 0.29) is 18.6 Å². The molecule has 3 N–H and O–H groups in total. The average molecular weight is 381 g/mol. The van der Waals surface area contributed by atoms with Gasteiger partial charge in [-0.3, -0.25) is 4.79 Å². The van der Waals surface area contributed by atoms with E-state index in [0.29, 0.717) is 29.5 Å². The maximum atomic E-state index is 11.2. The van der Waals surface area contributed by atoms with Gasteiger partial charge in [0.1, 0.15) is 0 Å². The van der Waals surface area contributed by atoms with Crippen molar-refractivity contribution < 1.29 is 14.3 Å². The number of benzene rings is 1. The van der Waals surface area contributed by atoms with Crippen LogP contribution in [0.1, 0.15) is 31.7 Å². The zero-order chi connectivity index (χ0) is 18.5. The molecule has 1 atom stereocenters. The summed E-state index contributed by atoms with van der Waals surface area (Å²) in [4.78, 5) is 18.2. The lowest BCUT2D eigenvalue weighted by Gasteiger charge is -2.34. The second-order valence-corrected chi connectivity index (χ2v) is 7.01. The molecule has 2 aliphatic rings. The van der Waals surface area contributed by atoms with Gasteiger partial charge in [0.2, 0.25) is 12.7 Å². The van der Waals surface area contributed by atoms with Crippen LogP contribution in [0.3, 0.4) is 0 Å². The Morgan fingerprint density at radius 3 is 3.08 bits per heavy atom. The van der Waals surface area contributed by atoms with Crippen LogP contribution in [0.5, 0.6) is 11.5 Å². The third kappa shape index (κ3) is 4.52. The molecular formula is C18H25ClN4O3. The number of halogens is 1. The number of hydrogen-bond acceptors (Lipinski definition) is 4. The molecular weight excluding hydrogens is 356 g/mol. The van der Waals surface area contributed by atoms with E-state index >= 15 is 0 Å². The number of nitrogens with zero attached hydrogens (tertiary/aromatic N) is 2. The number of likely N-dealkylation sites (tertiary alicyclic amines) is 1. The van der Waals surface area contributed by atoms with Gasteiger partial charge in [0, 0.05) is 26.1 Å². The molecule has 2 heterocycles. The molecule has 1 aromatic carbocycles. The SMILES string of the molecule is CCNC(=NCc1cc(Cl)c2c(c1)OCO2)N1CCCC(CC(N)=O)C1. The molecule has 7 nitrogen and oxygen atoms in total. The smallest absolute Gasteiger partial charge is 0.231 e. The minimum Gasteiger partial charge on any atom is -0.454 e. The summed E-state index contributed by atoms with van der Waals surface area (Å²) < 4.78 is 10.8. The summed E-state index contributed by atoms with van der Waals surface area (Å²) in [5.74, 6) is 2.14. The van der Waals surface area contributed by atoms with Crippen molar-refractivity contribution in [2.45, 2.75) is 32.7 Å². The van der Waals surface area contributed by atoms with Gasteiger partial charge in [-0.05, 0) is 43.4 Å². The number of amides is 1. The number of carbonyl (C=O) groups is 1. The van der Waals surface area contributed by atoms with Crippen molar-refractivity contribution in [2.75, 3.05) is 26.4 Å². The van der Waals surface area contributed by atoms with Gasteiger partial charge in [-0.1, -0.05) is 11.6 Å². The highest BCUT2D eigenvalue weighted by molar-refractivity contribution is 6.32. The molecule has 0 aliphatic carbocycles.